The zero-order valence-electron chi connectivity index (χ0n) is 16.9. The minimum atomic E-state index is -3.77. The second-order valence-corrected chi connectivity index (χ2v) is 9.57. The van der Waals surface area contributed by atoms with Crippen molar-refractivity contribution in [1.82, 2.24) is 14.5 Å². The Morgan fingerprint density at radius 3 is 2.60 bits per heavy atom. The van der Waals surface area contributed by atoms with Gasteiger partial charge >= 0.3 is 0 Å². The molecule has 0 spiro atoms. The predicted octanol–water partition coefficient (Wildman–Crippen LogP) is 3.86. The van der Waals surface area contributed by atoms with Gasteiger partial charge in [-0.25, -0.2) is 13.5 Å². The Kier molecular flexibility index (Phi) is 5.87. The number of aromatic nitrogens is 2. The van der Waals surface area contributed by atoms with Crippen molar-refractivity contribution < 1.29 is 12.8 Å². The van der Waals surface area contributed by atoms with E-state index < -0.39 is 10.0 Å². The second kappa shape index (κ2) is 8.57. The lowest BCUT2D eigenvalue weighted by atomic mass is 9.95. The van der Waals surface area contributed by atoms with Crippen LogP contribution in [0.3, 0.4) is 0 Å². The topological polar surface area (TPSA) is 96.3 Å². The van der Waals surface area contributed by atoms with Gasteiger partial charge < -0.3 is 4.42 Å². The summed E-state index contributed by atoms with van der Waals surface area (Å²) in [5.41, 5.74) is 1.52. The van der Waals surface area contributed by atoms with Gasteiger partial charge in [-0.1, -0.05) is 31.4 Å². The van der Waals surface area contributed by atoms with E-state index in [4.69, 9.17) is 4.42 Å². The maximum atomic E-state index is 13.8. The molecule has 1 aliphatic carbocycles. The minimum Gasteiger partial charge on any atom is -0.468 e. The van der Waals surface area contributed by atoms with Crippen molar-refractivity contribution in [2.75, 3.05) is 0 Å². The predicted molar refractivity (Wildman–Crippen MR) is 113 cm³/mol. The molecule has 0 amide bonds. The number of hydrogen-bond acceptors (Lipinski definition) is 5. The maximum absolute atomic E-state index is 13.8. The van der Waals surface area contributed by atoms with Crippen molar-refractivity contribution in [3.05, 3.63) is 70.4 Å². The summed E-state index contributed by atoms with van der Waals surface area (Å²) in [4.78, 5) is 11.6. The first-order chi connectivity index (χ1) is 14.4. The fourth-order valence-corrected chi connectivity index (χ4v) is 5.91. The zero-order chi connectivity index (χ0) is 21.1. The van der Waals surface area contributed by atoms with E-state index in [1.54, 1.807) is 47.8 Å². The third kappa shape index (κ3) is 4.24. The van der Waals surface area contributed by atoms with Crippen molar-refractivity contribution in [2.24, 2.45) is 0 Å². The van der Waals surface area contributed by atoms with Crippen LogP contribution in [0.1, 0.15) is 43.4 Å². The number of H-pyrrole nitrogens is 1. The largest absolute Gasteiger partial charge is 0.468 e. The van der Waals surface area contributed by atoms with Crippen molar-refractivity contribution in [2.45, 2.75) is 56.5 Å². The van der Waals surface area contributed by atoms with Crippen LogP contribution in [0.2, 0.25) is 0 Å². The van der Waals surface area contributed by atoms with Crippen LogP contribution in [0.4, 0.5) is 0 Å². The third-order valence-corrected chi connectivity index (χ3v) is 7.66. The lowest BCUT2D eigenvalue weighted by molar-refractivity contribution is 0.234. The molecule has 0 saturated heterocycles. The second-order valence-electron chi connectivity index (χ2n) is 7.71. The molecule has 0 aliphatic heterocycles. The zero-order valence-corrected chi connectivity index (χ0v) is 17.7. The molecule has 1 fully saturated rings. The molecule has 1 aromatic carbocycles. The monoisotopic (exact) mass is 427 g/mol. The van der Waals surface area contributed by atoms with Crippen LogP contribution in [-0.4, -0.2) is 29.0 Å². The van der Waals surface area contributed by atoms with Crippen molar-refractivity contribution in [3.63, 3.8) is 0 Å². The normalized spacial score (nSPS) is 15.5. The number of nitrogens with zero attached hydrogens (tertiary/aromatic N) is 2. The molecule has 4 rings (SSSR count). The molecular formula is C22H25N3O4S. The molecule has 2 heterocycles. The SMILES string of the molecule is Cc1ccc(-c2ccc(=O)[nH]n2)cc1S(=O)(=O)N(Cc1ccco1)C1CCCCC1. The molecule has 2 aromatic heterocycles. The minimum absolute atomic E-state index is 0.0527. The van der Waals surface area contributed by atoms with Gasteiger partial charge in [0, 0.05) is 17.7 Å². The van der Waals surface area contributed by atoms with E-state index in [0.717, 1.165) is 32.1 Å². The summed E-state index contributed by atoms with van der Waals surface area (Å²) >= 11 is 0. The summed E-state index contributed by atoms with van der Waals surface area (Å²) in [7, 11) is -3.77. The molecule has 1 aliphatic rings. The highest BCUT2D eigenvalue weighted by molar-refractivity contribution is 7.89. The highest BCUT2D eigenvalue weighted by atomic mass is 32.2. The molecule has 0 bridgehead atoms. The van der Waals surface area contributed by atoms with Gasteiger partial charge in [0.1, 0.15) is 5.76 Å². The molecule has 1 N–H and O–H groups in total. The van der Waals surface area contributed by atoms with Gasteiger partial charge in [0.25, 0.3) is 5.56 Å². The number of aromatic amines is 1. The number of furan rings is 1. The van der Waals surface area contributed by atoms with E-state index in [0.29, 0.717) is 22.6 Å². The third-order valence-electron chi connectivity index (χ3n) is 5.62. The summed E-state index contributed by atoms with van der Waals surface area (Å²) in [6.07, 6.45) is 6.44. The molecule has 30 heavy (non-hydrogen) atoms. The van der Waals surface area contributed by atoms with Gasteiger partial charge in [-0.05, 0) is 49.6 Å². The number of benzene rings is 1. The van der Waals surface area contributed by atoms with E-state index >= 15 is 0 Å². The van der Waals surface area contributed by atoms with E-state index in [2.05, 4.69) is 10.2 Å². The molecule has 8 heteroatoms. The number of hydrogen-bond donors (Lipinski definition) is 1. The van der Waals surface area contributed by atoms with Gasteiger partial charge in [-0.2, -0.15) is 9.40 Å². The standard InChI is InChI=1S/C22H25N3O4S/c1-16-9-10-17(20-11-12-22(26)24-23-20)14-21(16)30(27,28)25(15-19-8-5-13-29-19)18-6-3-2-4-7-18/h5,8-14,18H,2-4,6-7,15H2,1H3,(H,24,26). The smallest absolute Gasteiger partial charge is 0.264 e. The summed E-state index contributed by atoms with van der Waals surface area (Å²) < 4.78 is 34.7. The Morgan fingerprint density at radius 1 is 1.13 bits per heavy atom. The average Bonchev–Trinajstić information content (AvgIpc) is 3.27. The molecular weight excluding hydrogens is 402 g/mol. The molecule has 3 aromatic rings. The molecule has 0 radical (unpaired) electrons. The summed E-state index contributed by atoms with van der Waals surface area (Å²) in [6, 6.07) is 11.7. The summed E-state index contributed by atoms with van der Waals surface area (Å²) in [5, 5.41) is 6.43. The quantitative estimate of drug-likeness (QED) is 0.644. The van der Waals surface area contributed by atoms with Gasteiger partial charge in [0.05, 0.1) is 23.4 Å². The van der Waals surface area contributed by atoms with Crippen LogP contribution in [0.15, 0.2) is 62.8 Å². The van der Waals surface area contributed by atoms with Crippen molar-refractivity contribution >= 4 is 10.0 Å². The molecule has 7 nitrogen and oxygen atoms in total. The number of sulfonamides is 1. The first-order valence-corrected chi connectivity index (χ1v) is 11.6. The Hall–Kier alpha value is -2.71. The van der Waals surface area contributed by atoms with E-state index in [-0.39, 0.29) is 23.0 Å². The fourth-order valence-electron chi connectivity index (χ4n) is 4.00. The van der Waals surface area contributed by atoms with E-state index in [1.807, 2.05) is 6.07 Å². The Morgan fingerprint density at radius 2 is 1.93 bits per heavy atom. The van der Waals surface area contributed by atoms with E-state index in [9.17, 15) is 13.2 Å². The molecule has 158 valence electrons. The van der Waals surface area contributed by atoms with Crippen LogP contribution in [0, 0.1) is 6.92 Å². The first-order valence-electron chi connectivity index (χ1n) is 10.2. The van der Waals surface area contributed by atoms with Crippen LogP contribution in [0.5, 0.6) is 0 Å². The van der Waals surface area contributed by atoms with Crippen LogP contribution >= 0.6 is 0 Å². The molecule has 0 unspecified atom stereocenters. The molecule has 0 atom stereocenters. The maximum Gasteiger partial charge on any atom is 0.264 e. The average molecular weight is 428 g/mol. The highest BCUT2D eigenvalue weighted by Crippen LogP contribution is 2.32. The Balaban J connectivity index is 1.75. The highest BCUT2D eigenvalue weighted by Gasteiger charge is 2.34. The lowest BCUT2D eigenvalue weighted by Crippen LogP contribution is -2.41. The summed E-state index contributed by atoms with van der Waals surface area (Å²) in [5.74, 6) is 0.625. The Labute approximate surface area is 175 Å². The number of aryl methyl sites for hydroxylation is 1. The molecule has 1 saturated carbocycles. The van der Waals surface area contributed by atoms with Gasteiger partial charge in [-0.3, -0.25) is 4.79 Å². The first kappa shape index (κ1) is 20.6. The van der Waals surface area contributed by atoms with Gasteiger partial charge in [0.15, 0.2) is 0 Å². The Bertz CT molecular complexity index is 1140. The fraction of sp³-hybridized carbons (Fsp3) is 0.364. The number of rotatable bonds is 6. The van der Waals surface area contributed by atoms with E-state index in [1.165, 1.54) is 6.07 Å². The lowest BCUT2D eigenvalue weighted by Gasteiger charge is -2.33. The number of nitrogens with one attached hydrogen (secondary N) is 1. The van der Waals surface area contributed by atoms with Crippen molar-refractivity contribution in [3.8, 4) is 11.3 Å². The van der Waals surface area contributed by atoms with Crippen LogP contribution in [0.25, 0.3) is 11.3 Å². The van der Waals surface area contributed by atoms with Gasteiger partial charge in [0.2, 0.25) is 10.0 Å². The summed E-state index contributed by atoms with van der Waals surface area (Å²) in [6.45, 7) is 2.00. The van der Waals surface area contributed by atoms with Crippen LogP contribution in [-0.2, 0) is 16.6 Å². The van der Waals surface area contributed by atoms with Gasteiger partial charge in [-0.15, -0.1) is 0 Å². The van der Waals surface area contributed by atoms with Crippen LogP contribution < -0.4 is 5.56 Å². The van der Waals surface area contributed by atoms with Crippen molar-refractivity contribution in [1.29, 1.82) is 0 Å².